The molecule has 1 unspecified atom stereocenters. The summed E-state index contributed by atoms with van der Waals surface area (Å²) in [5, 5.41) is 21.7. The third-order valence-electron chi connectivity index (χ3n) is 3.09. The molecule has 0 bridgehead atoms. The van der Waals surface area contributed by atoms with Gasteiger partial charge in [0.15, 0.2) is 5.92 Å². The molecular formula is C14H19N5O4. The topological polar surface area (TPSA) is 151 Å². The molecule has 0 fully saturated rings. The Morgan fingerprint density at radius 3 is 2.43 bits per heavy atom. The molecule has 0 saturated heterocycles. The second kappa shape index (κ2) is 9.90. The van der Waals surface area contributed by atoms with Gasteiger partial charge in [0.2, 0.25) is 0 Å². The number of nitrogens with zero attached hydrogens (tertiary/aromatic N) is 4. The number of rotatable bonds is 8. The number of aliphatic imine (C=N–C) groups is 1. The second-order valence-corrected chi connectivity index (χ2v) is 4.49. The van der Waals surface area contributed by atoms with Crippen LogP contribution in [0.4, 0.5) is 0 Å². The molecule has 0 aliphatic rings. The van der Waals surface area contributed by atoms with Crippen molar-refractivity contribution in [1.29, 1.82) is 10.5 Å². The Morgan fingerprint density at radius 1 is 1.39 bits per heavy atom. The fourth-order valence-corrected chi connectivity index (χ4v) is 1.65. The minimum Gasteiger partial charge on any atom is -0.469 e. The molecule has 0 aliphatic carbocycles. The van der Waals surface area contributed by atoms with Crippen molar-refractivity contribution in [1.82, 2.24) is 0 Å². The molecule has 0 rings (SSSR count). The maximum atomic E-state index is 12.2. The number of methoxy groups -OCH3 is 1. The fraction of sp³-hybridized carbons (Fsp3) is 0.571. The average molecular weight is 321 g/mol. The third-order valence-corrected chi connectivity index (χ3v) is 3.09. The van der Waals surface area contributed by atoms with Crippen LogP contribution < -0.4 is 5.84 Å². The summed E-state index contributed by atoms with van der Waals surface area (Å²) in [6, 6.07) is 3.46. The Hall–Kier alpha value is -2.94. The Kier molecular flexibility index (Phi) is 8.63. The molecule has 0 amide bonds. The molecule has 0 aromatic heterocycles. The molecule has 2 N–H and O–H groups in total. The van der Waals surface area contributed by atoms with E-state index in [2.05, 4.69) is 14.8 Å². The fourth-order valence-electron chi connectivity index (χ4n) is 1.65. The first-order valence-corrected chi connectivity index (χ1v) is 6.73. The molecule has 9 heteroatoms. The predicted molar refractivity (Wildman–Crippen MR) is 81.1 cm³/mol. The van der Waals surface area contributed by atoms with Gasteiger partial charge >= 0.3 is 11.9 Å². The minimum absolute atomic E-state index is 0.0287. The van der Waals surface area contributed by atoms with E-state index < -0.39 is 23.3 Å². The van der Waals surface area contributed by atoms with Crippen LogP contribution in [0, 0.1) is 34.0 Å². The SMILES string of the molecule is CCOC(=O)C(C)(C(C=NCCC(=O)OC)=NN)C(C#N)C#N. The average Bonchev–Trinajstić information content (AvgIpc) is 2.55. The van der Waals surface area contributed by atoms with Crippen molar-refractivity contribution in [2.75, 3.05) is 20.3 Å². The van der Waals surface area contributed by atoms with Crippen LogP contribution in [0.2, 0.25) is 0 Å². The quantitative estimate of drug-likeness (QED) is 0.289. The summed E-state index contributed by atoms with van der Waals surface area (Å²) >= 11 is 0. The summed E-state index contributed by atoms with van der Waals surface area (Å²) in [5.41, 5.74) is -1.78. The van der Waals surface area contributed by atoms with Gasteiger partial charge in [-0.1, -0.05) is 0 Å². The van der Waals surface area contributed by atoms with Crippen molar-refractivity contribution >= 4 is 23.9 Å². The number of nitrogens with two attached hydrogens (primary N) is 1. The van der Waals surface area contributed by atoms with Crippen LogP contribution >= 0.6 is 0 Å². The van der Waals surface area contributed by atoms with Crippen molar-refractivity contribution in [3.63, 3.8) is 0 Å². The van der Waals surface area contributed by atoms with E-state index in [0.29, 0.717) is 0 Å². The molecule has 0 saturated carbocycles. The van der Waals surface area contributed by atoms with E-state index >= 15 is 0 Å². The maximum absolute atomic E-state index is 12.2. The van der Waals surface area contributed by atoms with E-state index in [-0.39, 0.29) is 25.3 Å². The highest BCUT2D eigenvalue weighted by atomic mass is 16.5. The molecule has 0 radical (unpaired) electrons. The van der Waals surface area contributed by atoms with Gasteiger partial charge in [0.05, 0.1) is 38.0 Å². The van der Waals surface area contributed by atoms with Crippen LogP contribution in [0.1, 0.15) is 20.3 Å². The van der Waals surface area contributed by atoms with Gasteiger partial charge in [-0.05, 0) is 13.8 Å². The first kappa shape index (κ1) is 20.1. The molecule has 9 nitrogen and oxygen atoms in total. The summed E-state index contributed by atoms with van der Waals surface area (Å²) < 4.78 is 9.39. The lowest BCUT2D eigenvalue weighted by atomic mass is 9.74. The number of hydrogen-bond donors (Lipinski definition) is 1. The van der Waals surface area contributed by atoms with E-state index in [4.69, 9.17) is 21.1 Å². The zero-order chi connectivity index (χ0) is 17.9. The van der Waals surface area contributed by atoms with E-state index in [1.54, 1.807) is 19.1 Å². The zero-order valence-electron chi connectivity index (χ0n) is 13.3. The van der Waals surface area contributed by atoms with Gasteiger partial charge in [-0.2, -0.15) is 15.6 Å². The minimum atomic E-state index is -1.69. The smallest absolute Gasteiger partial charge is 0.320 e. The van der Waals surface area contributed by atoms with E-state index in [9.17, 15) is 9.59 Å². The van der Waals surface area contributed by atoms with Crippen molar-refractivity contribution in [3.05, 3.63) is 0 Å². The number of esters is 2. The Morgan fingerprint density at radius 2 is 2.00 bits per heavy atom. The van der Waals surface area contributed by atoms with Gasteiger partial charge in [-0.15, -0.1) is 0 Å². The summed E-state index contributed by atoms with van der Waals surface area (Å²) in [5.74, 6) is 2.66. The number of hydrazone groups is 1. The second-order valence-electron chi connectivity index (χ2n) is 4.49. The number of hydrogen-bond acceptors (Lipinski definition) is 9. The highest BCUT2D eigenvalue weighted by molar-refractivity contribution is 6.37. The summed E-state index contributed by atoms with van der Waals surface area (Å²) in [4.78, 5) is 27.1. The number of carbonyl (C=O) groups excluding carboxylic acids is 2. The van der Waals surface area contributed by atoms with Crippen LogP contribution in [0.3, 0.4) is 0 Å². The first-order chi connectivity index (χ1) is 10.9. The van der Waals surface area contributed by atoms with Gasteiger partial charge in [0.25, 0.3) is 0 Å². The highest BCUT2D eigenvalue weighted by Gasteiger charge is 2.48. The van der Waals surface area contributed by atoms with Gasteiger partial charge in [0, 0.05) is 12.8 Å². The summed E-state index contributed by atoms with van der Waals surface area (Å²) in [6.45, 7) is 3.07. The largest absolute Gasteiger partial charge is 0.469 e. The van der Waals surface area contributed by atoms with Crippen LogP contribution in [-0.4, -0.2) is 44.1 Å². The standard InChI is InChI=1S/C14H19N5O4/c1-4-23-13(21)14(2,10(7-15)8-16)11(19-17)9-18-6-5-12(20)22-3/h9-10H,4-6,17H2,1-3H3. The number of ether oxygens (including phenoxy) is 2. The lowest BCUT2D eigenvalue weighted by Gasteiger charge is -2.27. The lowest BCUT2D eigenvalue weighted by Crippen LogP contribution is -2.45. The molecule has 124 valence electrons. The monoisotopic (exact) mass is 321 g/mol. The molecule has 1 atom stereocenters. The van der Waals surface area contributed by atoms with Crippen molar-refractivity contribution in [3.8, 4) is 12.1 Å². The predicted octanol–water partition coefficient (Wildman–Crippen LogP) is 0.168. The van der Waals surface area contributed by atoms with Gasteiger partial charge in [0.1, 0.15) is 5.41 Å². The zero-order valence-corrected chi connectivity index (χ0v) is 13.3. The van der Waals surface area contributed by atoms with Crippen molar-refractivity contribution in [2.45, 2.75) is 20.3 Å². The van der Waals surface area contributed by atoms with Crippen molar-refractivity contribution < 1.29 is 19.1 Å². The normalized spacial score (nSPS) is 13.9. The third kappa shape index (κ3) is 5.08. The Labute approximate surface area is 134 Å². The van der Waals surface area contributed by atoms with Crippen LogP contribution in [-0.2, 0) is 19.1 Å². The summed E-state index contributed by atoms with van der Waals surface area (Å²) in [7, 11) is 1.25. The Bertz CT molecular complexity index is 559. The van der Waals surface area contributed by atoms with Gasteiger partial charge in [-0.3, -0.25) is 14.6 Å². The van der Waals surface area contributed by atoms with Gasteiger partial charge in [-0.25, -0.2) is 0 Å². The number of carbonyl (C=O) groups is 2. The molecule has 0 heterocycles. The van der Waals surface area contributed by atoms with Crippen LogP contribution in [0.5, 0.6) is 0 Å². The van der Waals surface area contributed by atoms with E-state index in [1.165, 1.54) is 14.0 Å². The molecular weight excluding hydrogens is 302 g/mol. The summed E-state index contributed by atoms with van der Waals surface area (Å²) in [6.07, 6.45) is 1.18. The first-order valence-electron chi connectivity index (χ1n) is 6.73. The number of nitriles is 2. The molecule has 0 aliphatic heterocycles. The molecule has 0 aromatic carbocycles. The maximum Gasteiger partial charge on any atom is 0.320 e. The lowest BCUT2D eigenvalue weighted by molar-refractivity contribution is -0.151. The van der Waals surface area contributed by atoms with E-state index in [0.717, 1.165) is 6.21 Å². The Balaban J connectivity index is 5.48. The van der Waals surface area contributed by atoms with E-state index in [1.807, 2.05) is 0 Å². The van der Waals surface area contributed by atoms with Crippen molar-refractivity contribution in [2.24, 2.45) is 27.3 Å². The molecule has 0 aromatic rings. The molecule has 23 heavy (non-hydrogen) atoms. The van der Waals surface area contributed by atoms with Crippen LogP contribution in [0.25, 0.3) is 0 Å². The van der Waals surface area contributed by atoms with Gasteiger partial charge < -0.3 is 15.3 Å². The van der Waals surface area contributed by atoms with Crippen LogP contribution in [0.15, 0.2) is 10.1 Å². The highest BCUT2D eigenvalue weighted by Crippen LogP contribution is 2.30. The molecule has 0 spiro atoms.